The van der Waals surface area contributed by atoms with E-state index in [1.165, 1.54) is 0 Å². The Hall–Kier alpha value is -1.39. The van der Waals surface area contributed by atoms with Crippen molar-refractivity contribution in [2.75, 3.05) is 0 Å². The molecule has 0 unspecified atom stereocenters. The summed E-state index contributed by atoms with van der Waals surface area (Å²) in [4.78, 5) is 13.1. The summed E-state index contributed by atoms with van der Waals surface area (Å²) in [5.41, 5.74) is 0.667. The number of hydrogen-bond donors (Lipinski definition) is 2. The van der Waals surface area contributed by atoms with Gasteiger partial charge in [0, 0.05) is 15.9 Å². The summed E-state index contributed by atoms with van der Waals surface area (Å²) >= 11 is 11.7. The highest BCUT2D eigenvalue weighted by Crippen LogP contribution is 2.34. The van der Waals surface area contributed by atoms with Crippen LogP contribution in [0.5, 0.6) is 5.88 Å². The molecule has 15 heavy (non-hydrogen) atoms. The Labute approximate surface area is 94.4 Å². The molecule has 0 fully saturated rings. The van der Waals surface area contributed by atoms with Gasteiger partial charge in [0.25, 0.3) is 0 Å². The Morgan fingerprint density at radius 2 is 2.13 bits per heavy atom. The fraction of sp³-hybridized carbons (Fsp3) is 0. The Bertz CT molecular complexity index is 535. The van der Waals surface area contributed by atoms with E-state index in [0.717, 1.165) is 0 Å². The second-order valence-corrected chi connectivity index (χ2v) is 3.64. The summed E-state index contributed by atoms with van der Waals surface area (Å²) < 4.78 is 4.46. The first-order valence-corrected chi connectivity index (χ1v) is 4.71. The fourth-order valence-corrected chi connectivity index (χ4v) is 1.68. The van der Waals surface area contributed by atoms with Gasteiger partial charge in [-0.3, -0.25) is 0 Å². The lowest BCUT2D eigenvalue weighted by Crippen LogP contribution is -2.03. The van der Waals surface area contributed by atoms with Gasteiger partial charge >= 0.3 is 6.16 Å². The summed E-state index contributed by atoms with van der Waals surface area (Å²) in [5.74, 6) is 0.00133. The molecule has 1 heterocycles. The molecular weight excluding hydrogens is 241 g/mol. The molecular formula is C9H5Cl2NO3. The predicted molar refractivity (Wildman–Crippen MR) is 57.0 cm³/mol. The maximum absolute atomic E-state index is 10.3. The van der Waals surface area contributed by atoms with Crippen LogP contribution in [-0.4, -0.2) is 16.2 Å². The van der Waals surface area contributed by atoms with Crippen molar-refractivity contribution in [3.63, 3.8) is 0 Å². The Balaban J connectivity index is 2.59. The average Bonchev–Trinajstić information content (AvgIpc) is 2.44. The quantitative estimate of drug-likeness (QED) is 0.756. The SMILES string of the molecule is O=C(O)Oc1[nH]c2ccc(Cl)cc2c1Cl. The molecule has 6 heteroatoms. The van der Waals surface area contributed by atoms with Crippen LogP contribution in [0.15, 0.2) is 18.2 Å². The van der Waals surface area contributed by atoms with Crippen molar-refractivity contribution in [3.05, 3.63) is 28.2 Å². The number of halogens is 2. The van der Waals surface area contributed by atoms with E-state index in [2.05, 4.69) is 9.72 Å². The molecule has 0 amide bonds. The van der Waals surface area contributed by atoms with Crippen LogP contribution in [0.4, 0.5) is 4.79 Å². The molecule has 0 aliphatic carbocycles. The van der Waals surface area contributed by atoms with E-state index in [1.807, 2.05) is 0 Å². The van der Waals surface area contributed by atoms with Crippen LogP contribution in [0.3, 0.4) is 0 Å². The topological polar surface area (TPSA) is 62.3 Å². The van der Waals surface area contributed by atoms with Crippen molar-refractivity contribution in [1.29, 1.82) is 0 Å². The number of hydrogen-bond acceptors (Lipinski definition) is 2. The summed E-state index contributed by atoms with van der Waals surface area (Å²) in [6.07, 6.45) is -1.42. The van der Waals surface area contributed by atoms with Gasteiger partial charge in [-0.25, -0.2) is 4.79 Å². The van der Waals surface area contributed by atoms with Crippen LogP contribution in [0.2, 0.25) is 10.0 Å². The molecule has 0 saturated heterocycles. The van der Waals surface area contributed by atoms with E-state index in [1.54, 1.807) is 18.2 Å². The number of carbonyl (C=O) groups is 1. The summed E-state index contributed by atoms with van der Waals surface area (Å²) in [5, 5.41) is 9.79. The number of fused-ring (bicyclic) bond motifs is 1. The zero-order valence-electron chi connectivity index (χ0n) is 7.25. The molecule has 0 saturated carbocycles. The molecule has 1 aromatic heterocycles. The molecule has 78 valence electrons. The summed E-state index contributed by atoms with van der Waals surface area (Å²) in [6.45, 7) is 0. The third-order valence-corrected chi connectivity index (χ3v) is 2.47. The van der Waals surface area contributed by atoms with E-state index >= 15 is 0 Å². The minimum absolute atomic E-state index is 0.00133. The van der Waals surface area contributed by atoms with Crippen molar-refractivity contribution in [2.45, 2.75) is 0 Å². The molecule has 0 atom stereocenters. The highest BCUT2D eigenvalue weighted by molar-refractivity contribution is 6.38. The third-order valence-electron chi connectivity index (χ3n) is 1.86. The average molecular weight is 246 g/mol. The fourth-order valence-electron chi connectivity index (χ4n) is 1.26. The molecule has 1 aromatic carbocycles. The Morgan fingerprint density at radius 1 is 1.40 bits per heavy atom. The first kappa shape index (κ1) is 10.1. The van der Waals surface area contributed by atoms with Crippen LogP contribution in [0.25, 0.3) is 10.9 Å². The molecule has 0 radical (unpaired) electrons. The third kappa shape index (κ3) is 1.86. The van der Waals surface area contributed by atoms with Crippen LogP contribution in [-0.2, 0) is 0 Å². The molecule has 0 spiro atoms. The van der Waals surface area contributed by atoms with Gasteiger partial charge in [-0.15, -0.1) is 0 Å². The summed E-state index contributed by atoms with van der Waals surface area (Å²) in [6, 6.07) is 4.99. The highest BCUT2D eigenvalue weighted by Gasteiger charge is 2.13. The van der Waals surface area contributed by atoms with Gasteiger partial charge in [-0.2, -0.15) is 0 Å². The van der Waals surface area contributed by atoms with E-state index in [0.29, 0.717) is 15.9 Å². The lowest BCUT2D eigenvalue weighted by Gasteiger charge is -1.94. The first-order chi connectivity index (χ1) is 7.08. The van der Waals surface area contributed by atoms with Crippen molar-refractivity contribution >= 4 is 40.3 Å². The smallest absolute Gasteiger partial charge is 0.449 e. The van der Waals surface area contributed by atoms with Gasteiger partial charge in [0.2, 0.25) is 5.88 Å². The molecule has 4 nitrogen and oxygen atoms in total. The molecule has 2 rings (SSSR count). The second kappa shape index (κ2) is 3.64. The van der Waals surface area contributed by atoms with Gasteiger partial charge in [0.15, 0.2) is 0 Å². The Kier molecular flexibility index (Phi) is 2.46. The lowest BCUT2D eigenvalue weighted by molar-refractivity contribution is 0.143. The van der Waals surface area contributed by atoms with E-state index in [4.69, 9.17) is 28.3 Å². The van der Waals surface area contributed by atoms with Gasteiger partial charge < -0.3 is 14.8 Å². The first-order valence-electron chi connectivity index (χ1n) is 3.95. The molecule has 0 aliphatic heterocycles. The number of carboxylic acid groups (broad SMARTS) is 1. The van der Waals surface area contributed by atoms with Gasteiger partial charge in [0.1, 0.15) is 5.02 Å². The zero-order valence-corrected chi connectivity index (χ0v) is 8.76. The van der Waals surface area contributed by atoms with Crippen LogP contribution in [0.1, 0.15) is 0 Å². The van der Waals surface area contributed by atoms with Crippen molar-refractivity contribution in [2.24, 2.45) is 0 Å². The zero-order chi connectivity index (χ0) is 11.0. The van der Waals surface area contributed by atoms with Gasteiger partial charge in [-0.1, -0.05) is 23.2 Å². The predicted octanol–water partition coefficient (Wildman–Crippen LogP) is 3.53. The maximum atomic E-state index is 10.3. The molecule has 2 N–H and O–H groups in total. The minimum Gasteiger partial charge on any atom is -0.449 e. The second-order valence-electron chi connectivity index (χ2n) is 2.83. The van der Waals surface area contributed by atoms with Gasteiger partial charge in [0.05, 0.1) is 0 Å². The standard InChI is InChI=1S/C9H5Cl2NO3/c10-4-1-2-6-5(3-4)7(11)8(12-6)15-9(13)14/h1-3,12H,(H,13,14). The maximum Gasteiger partial charge on any atom is 0.512 e. The number of H-pyrrole nitrogens is 1. The van der Waals surface area contributed by atoms with Crippen LogP contribution < -0.4 is 4.74 Å². The molecule has 2 aromatic rings. The van der Waals surface area contributed by atoms with E-state index in [-0.39, 0.29) is 10.9 Å². The van der Waals surface area contributed by atoms with Crippen molar-refractivity contribution < 1.29 is 14.6 Å². The largest absolute Gasteiger partial charge is 0.512 e. The number of rotatable bonds is 1. The monoisotopic (exact) mass is 245 g/mol. The number of nitrogens with one attached hydrogen (secondary N) is 1. The number of aromatic amines is 1. The molecule has 0 aliphatic rings. The van der Waals surface area contributed by atoms with Gasteiger partial charge in [-0.05, 0) is 18.2 Å². The van der Waals surface area contributed by atoms with Crippen molar-refractivity contribution in [3.8, 4) is 5.88 Å². The number of ether oxygens (including phenoxy) is 1. The summed E-state index contributed by atoms with van der Waals surface area (Å²) in [7, 11) is 0. The minimum atomic E-state index is -1.42. The van der Waals surface area contributed by atoms with E-state index in [9.17, 15) is 4.79 Å². The highest BCUT2D eigenvalue weighted by atomic mass is 35.5. The number of aromatic nitrogens is 1. The van der Waals surface area contributed by atoms with E-state index < -0.39 is 6.16 Å². The van der Waals surface area contributed by atoms with Crippen LogP contribution in [0, 0.1) is 0 Å². The van der Waals surface area contributed by atoms with Crippen LogP contribution >= 0.6 is 23.2 Å². The molecule has 0 bridgehead atoms. The lowest BCUT2D eigenvalue weighted by atomic mass is 10.2. The van der Waals surface area contributed by atoms with Crippen molar-refractivity contribution in [1.82, 2.24) is 4.98 Å². The number of benzene rings is 1. The normalized spacial score (nSPS) is 10.5. The Morgan fingerprint density at radius 3 is 2.80 bits per heavy atom.